The molecule has 1 rings (SSSR count). The predicted octanol–water partition coefficient (Wildman–Crippen LogP) is 1.34. The summed E-state index contributed by atoms with van der Waals surface area (Å²) in [6.07, 6.45) is 2.47. The second-order valence-electron chi connectivity index (χ2n) is 3.89. The summed E-state index contributed by atoms with van der Waals surface area (Å²) >= 11 is 0. The lowest BCUT2D eigenvalue weighted by molar-refractivity contribution is -0.148. The lowest BCUT2D eigenvalue weighted by atomic mass is 9.84. The zero-order valence-electron chi connectivity index (χ0n) is 9.40. The van der Waals surface area contributed by atoms with Gasteiger partial charge in [0.15, 0.2) is 0 Å². The molecule has 1 aromatic heterocycles. The molecule has 0 amide bonds. The monoisotopic (exact) mass is 211 g/mol. The van der Waals surface area contributed by atoms with Crippen molar-refractivity contribution in [2.75, 3.05) is 0 Å². The number of carbonyl (C=O) groups is 1. The van der Waals surface area contributed by atoms with E-state index in [9.17, 15) is 4.79 Å². The summed E-state index contributed by atoms with van der Waals surface area (Å²) in [6.45, 7) is 6.29. The first-order valence-electron chi connectivity index (χ1n) is 5.13. The Morgan fingerprint density at radius 2 is 2.27 bits per heavy atom. The minimum Gasteiger partial charge on any atom is -0.481 e. The molecule has 1 atom stereocenters. The van der Waals surface area contributed by atoms with Gasteiger partial charge in [0.25, 0.3) is 0 Å². The van der Waals surface area contributed by atoms with Crippen LogP contribution in [-0.4, -0.2) is 25.8 Å². The van der Waals surface area contributed by atoms with Gasteiger partial charge in [-0.05, 0) is 20.3 Å². The smallest absolute Gasteiger partial charge is 0.309 e. The van der Waals surface area contributed by atoms with Crippen molar-refractivity contribution in [3.05, 3.63) is 12.2 Å². The van der Waals surface area contributed by atoms with Crippen LogP contribution in [0, 0.1) is 5.41 Å². The summed E-state index contributed by atoms with van der Waals surface area (Å²) in [5, 5.41) is 13.2. The molecule has 0 saturated heterocycles. The molecule has 0 saturated carbocycles. The van der Waals surface area contributed by atoms with Crippen LogP contribution < -0.4 is 0 Å². The third-order valence-electron chi connectivity index (χ3n) is 2.84. The Morgan fingerprint density at radius 3 is 2.73 bits per heavy atom. The molecule has 5 heteroatoms. The van der Waals surface area contributed by atoms with E-state index in [4.69, 9.17) is 5.11 Å². The molecule has 1 N–H and O–H groups in total. The van der Waals surface area contributed by atoms with Crippen LogP contribution in [0.25, 0.3) is 0 Å². The molecule has 84 valence electrons. The van der Waals surface area contributed by atoms with E-state index in [-0.39, 0.29) is 0 Å². The molecular formula is C10H17N3O2. The number of rotatable bonds is 5. The average molecular weight is 211 g/mol. The molecule has 5 nitrogen and oxygen atoms in total. The first-order valence-corrected chi connectivity index (χ1v) is 5.13. The number of hydrogen-bond donors (Lipinski definition) is 1. The summed E-state index contributed by atoms with van der Waals surface area (Å²) in [7, 11) is 0. The summed E-state index contributed by atoms with van der Waals surface area (Å²) in [5.74, 6) is -0.0418. The van der Waals surface area contributed by atoms with Gasteiger partial charge in [0.05, 0.1) is 5.41 Å². The highest BCUT2D eigenvalue weighted by molar-refractivity contribution is 5.74. The zero-order chi connectivity index (χ0) is 11.5. The molecule has 0 bridgehead atoms. The molecule has 0 aliphatic rings. The number of nitrogens with zero attached hydrogens (tertiary/aromatic N) is 3. The number of carboxylic acid groups (broad SMARTS) is 1. The van der Waals surface area contributed by atoms with Crippen molar-refractivity contribution in [2.45, 2.75) is 40.2 Å². The molecule has 0 fully saturated rings. The number of carboxylic acids is 1. The Kier molecular flexibility index (Phi) is 3.44. The second-order valence-corrected chi connectivity index (χ2v) is 3.89. The van der Waals surface area contributed by atoms with Crippen LogP contribution in [0.5, 0.6) is 0 Å². The van der Waals surface area contributed by atoms with Gasteiger partial charge in [0, 0.05) is 13.0 Å². The van der Waals surface area contributed by atoms with Gasteiger partial charge in [-0.3, -0.25) is 9.48 Å². The van der Waals surface area contributed by atoms with Gasteiger partial charge in [0.2, 0.25) is 0 Å². The number of hydrogen-bond acceptors (Lipinski definition) is 3. The SMILES string of the molecule is CCn1ncnc1CC(C)(CC)C(=O)O. The van der Waals surface area contributed by atoms with Gasteiger partial charge in [-0.15, -0.1) is 0 Å². The van der Waals surface area contributed by atoms with E-state index in [1.54, 1.807) is 11.6 Å². The van der Waals surface area contributed by atoms with E-state index in [1.165, 1.54) is 6.33 Å². The number of aliphatic carboxylic acids is 1. The Morgan fingerprint density at radius 1 is 1.60 bits per heavy atom. The molecule has 1 aromatic rings. The normalized spacial score (nSPS) is 14.9. The standard InChI is InChI=1S/C10H17N3O2/c1-4-10(3,9(14)15)6-8-11-7-12-13(8)5-2/h7H,4-6H2,1-3H3,(H,14,15). The van der Waals surface area contributed by atoms with Crippen molar-refractivity contribution in [1.29, 1.82) is 0 Å². The van der Waals surface area contributed by atoms with Crippen molar-refractivity contribution in [3.63, 3.8) is 0 Å². The highest BCUT2D eigenvalue weighted by Gasteiger charge is 2.32. The summed E-state index contributed by atoms with van der Waals surface area (Å²) in [6, 6.07) is 0. The third-order valence-corrected chi connectivity index (χ3v) is 2.84. The van der Waals surface area contributed by atoms with Gasteiger partial charge in [0.1, 0.15) is 12.2 Å². The van der Waals surface area contributed by atoms with Gasteiger partial charge in [-0.2, -0.15) is 5.10 Å². The van der Waals surface area contributed by atoms with E-state index >= 15 is 0 Å². The molecule has 0 spiro atoms. The van der Waals surface area contributed by atoms with Crippen molar-refractivity contribution < 1.29 is 9.90 Å². The number of aromatic nitrogens is 3. The molecule has 15 heavy (non-hydrogen) atoms. The van der Waals surface area contributed by atoms with Crippen LogP contribution >= 0.6 is 0 Å². The highest BCUT2D eigenvalue weighted by Crippen LogP contribution is 2.25. The Balaban J connectivity index is 2.88. The molecule has 0 aliphatic heterocycles. The maximum Gasteiger partial charge on any atom is 0.309 e. The van der Waals surface area contributed by atoms with Crippen LogP contribution in [0.15, 0.2) is 6.33 Å². The van der Waals surface area contributed by atoms with Crippen LogP contribution in [0.2, 0.25) is 0 Å². The zero-order valence-corrected chi connectivity index (χ0v) is 9.40. The fourth-order valence-corrected chi connectivity index (χ4v) is 1.39. The van der Waals surface area contributed by atoms with Crippen molar-refractivity contribution in [1.82, 2.24) is 14.8 Å². The Labute approximate surface area is 89.1 Å². The first-order chi connectivity index (χ1) is 7.03. The predicted molar refractivity (Wildman–Crippen MR) is 55.4 cm³/mol. The van der Waals surface area contributed by atoms with E-state index in [2.05, 4.69) is 10.1 Å². The topological polar surface area (TPSA) is 68.0 Å². The lowest BCUT2D eigenvalue weighted by Gasteiger charge is -2.22. The van der Waals surface area contributed by atoms with Gasteiger partial charge in [-0.1, -0.05) is 6.92 Å². The summed E-state index contributed by atoms with van der Waals surface area (Å²) < 4.78 is 1.73. The van der Waals surface area contributed by atoms with Crippen molar-refractivity contribution >= 4 is 5.97 Å². The average Bonchev–Trinajstić information content (AvgIpc) is 2.64. The minimum absolute atomic E-state index is 0.423. The largest absolute Gasteiger partial charge is 0.481 e. The fraction of sp³-hybridized carbons (Fsp3) is 0.700. The van der Waals surface area contributed by atoms with E-state index in [0.29, 0.717) is 12.8 Å². The summed E-state index contributed by atoms with van der Waals surface area (Å²) in [5.41, 5.74) is -0.750. The maximum atomic E-state index is 11.1. The van der Waals surface area contributed by atoms with Crippen LogP contribution in [-0.2, 0) is 17.8 Å². The summed E-state index contributed by atoms with van der Waals surface area (Å²) in [4.78, 5) is 15.2. The number of aryl methyl sites for hydroxylation is 1. The first kappa shape index (κ1) is 11.7. The molecular weight excluding hydrogens is 194 g/mol. The Hall–Kier alpha value is -1.39. The maximum absolute atomic E-state index is 11.1. The van der Waals surface area contributed by atoms with Gasteiger partial charge >= 0.3 is 5.97 Å². The minimum atomic E-state index is -0.782. The quantitative estimate of drug-likeness (QED) is 0.798. The fourth-order valence-electron chi connectivity index (χ4n) is 1.39. The molecule has 1 unspecified atom stereocenters. The third kappa shape index (κ3) is 2.34. The van der Waals surface area contributed by atoms with Gasteiger partial charge < -0.3 is 5.11 Å². The molecule has 1 heterocycles. The molecule has 0 radical (unpaired) electrons. The van der Waals surface area contributed by atoms with Crippen LogP contribution in [0.3, 0.4) is 0 Å². The highest BCUT2D eigenvalue weighted by atomic mass is 16.4. The van der Waals surface area contributed by atoms with E-state index in [1.807, 2.05) is 13.8 Å². The van der Waals surface area contributed by atoms with Crippen LogP contribution in [0.4, 0.5) is 0 Å². The van der Waals surface area contributed by atoms with Gasteiger partial charge in [-0.25, -0.2) is 4.98 Å². The van der Waals surface area contributed by atoms with E-state index < -0.39 is 11.4 Å². The van der Waals surface area contributed by atoms with Crippen molar-refractivity contribution in [3.8, 4) is 0 Å². The second kappa shape index (κ2) is 4.42. The molecule has 0 aliphatic carbocycles. The van der Waals surface area contributed by atoms with Crippen molar-refractivity contribution in [2.24, 2.45) is 5.41 Å². The Bertz CT molecular complexity index is 348. The van der Waals surface area contributed by atoms with E-state index in [0.717, 1.165) is 12.4 Å². The lowest BCUT2D eigenvalue weighted by Crippen LogP contribution is -2.30. The molecule has 0 aromatic carbocycles. The van der Waals surface area contributed by atoms with Crippen LogP contribution in [0.1, 0.15) is 33.0 Å².